The van der Waals surface area contributed by atoms with Crippen LogP contribution in [0.2, 0.25) is 5.02 Å². The van der Waals surface area contributed by atoms with Crippen LogP contribution >= 0.6 is 11.6 Å². The molecule has 1 rings (SSSR count). The minimum absolute atomic E-state index is 0.248. The van der Waals surface area contributed by atoms with E-state index >= 15 is 0 Å². The molecule has 3 N–H and O–H groups in total. The van der Waals surface area contributed by atoms with E-state index in [1.165, 1.54) is 0 Å². The monoisotopic (exact) mass is 343 g/mol. The lowest BCUT2D eigenvalue weighted by Gasteiger charge is -2.14. The third kappa shape index (κ3) is 6.75. The molecule has 0 aromatic heterocycles. The molecular formula is C15H22ClN3O4. The molecule has 0 radical (unpaired) electrons. The number of carbonyl (C=O) groups is 2. The lowest BCUT2D eigenvalue weighted by Crippen LogP contribution is -2.46. The van der Waals surface area contributed by atoms with Gasteiger partial charge in [0.1, 0.15) is 18.4 Å². The van der Waals surface area contributed by atoms with Crippen LogP contribution in [0.15, 0.2) is 18.2 Å². The summed E-state index contributed by atoms with van der Waals surface area (Å²) < 4.78 is 10.3. The third-order valence-electron chi connectivity index (χ3n) is 2.83. The molecule has 0 aliphatic heterocycles. The zero-order valence-corrected chi connectivity index (χ0v) is 14.2. The number of anilines is 1. The zero-order chi connectivity index (χ0) is 17.2. The van der Waals surface area contributed by atoms with Crippen molar-refractivity contribution in [2.75, 3.05) is 32.2 Å². The van der Waals surface area contributed by atoms with Crippen LogP contribution in [0.4, 0.5) is 10.5 Å². The van der Waals surface area contributed by atoms with E-state index in [1.807, 2.05) is 6.92 Å². The molecular weight excluding hydrogens is 322 g/mol. The van der Waals surface area contributed by atoms with Gasteiger partial charge in [-0.1, -0.05) is 11.6 Å². The number of hydrogen-bond donors (Lipinski definition) is 3. The van der Waals surface area contributed by atoms with Gasteiger partial charge < -0.3 is 25.4 Å². The van der Waals surface area contributed by atoms with Crippen LogP contribution in [-0.4, -0.2) is 44.8 Å². The Hall–Kier alpha value is -1.99. The first-order chi connectivity index (χ1) is 11.0. The van der Waals surface area contributed by atoms with Gasteiger partial charge in [-0.25, -0.2) is 4.79 Å². The summed E-state index contributed by atoms with van der Waals surface area (Å²) >= 11 is 6.09. The molecule has 0 spiro atoms. The van der Waals surface area contributed by atoms with Crippen molar-refractivity contribution in [3.63, 3.8) is 0 Å². The number of halogens is 1. The van der Waals surface area contributed by atoms with Crippen molar-refractivity contribution in [3.05, 3.63) is 23.2 Å². The highest BCUT2D eigenvalue weighted by Crippen LogP contribution is 2.27. The largest absolute Gasteiger partial charge is 0.490 e. The van der Waals surface area contributed by atoms with Crippen LogP contribution in [-0.2, 0) is 9.53 Å². The fourth-order valence-corrected chi connectivity index (χ4v) is 1.92. The Morgan fingerprint density at radius 3 is 2.65 bits per heavy atom. The maximum absolute atomic E-state index is 11.8. The highest BCUT2D eigenvalue weighted by Gasteiger charge is 2.14. The van der Waals surface area contributed by atoms with Crippen molar-refractivity contribution in [3.8, 4) is 5.75 Å². The molecule has 0 fully saturated rings. The van der Waals surface area contributed by atoms with E-state index in [1.54, 1.807) is 32.2 Å². The molecule has 0 saturated carbocycles. The Bertz CT molecular complexity index is 539. The van der Waals surface area contributed by atoms with E-state index in [0.717, 1.165) is 0 Å². The summed E-state index contributed by atoms with van der Waals surface area (Å²) in [6.07, 6.45) is 0. The van der Waals surface area contributed by atoms with Gasteiger partial charge >= 0.3 is 6.03 Å². The Morgan fingerprint density at radius 1 is 1.30 bits per heavy atom. The highest BCUT2D eigenvalue weighted by atomic mass is 35.5. The minimum atomic E-state index is -0.637. The first-order valence-corrected chi connectivity index (χ1v) is 7.62. The summed E-state index contributed by atoms with van der Waals surface area (Å²) in [6, 6.07) is 3.75. The van der Waals surface area contributed by atoms with E-state index in [-0.39, 0.29) is 5.91 Å². The van der Waals surface area contributed by atoms with E-state index in [0.29, 0.717) is 36.2 Å². The van der Waals surface area contributed by atoms with Gasteiger partial charge in [-0.2, -0.15) is 0 Å². The average Bonchev–Trinajstić information content (AvgIpc) is 2.49. The van der Waals surface area contributed by atoms with Crippen molar-refractivity contribution in [2.45, 2.75) is 19.9 Å². The molecule has 0 aliphatic rings. The smallest absolute Gasteiger partial charge is 0.319 e. The molecule has 1 atom stereocenters. The summed E-state index contributed by atoms with van der Waals surface area (Å²) in [7, 11) is 1.58. The van der Waals surface area contributed by atoms with E-state index in [4.69, 9.17) is 21.1 Å². The van der Waals surface area contributed by atoms with E-state index in [9.17, 15) is 9.59 Å². The zero-order valence-electron chi connectivity index (χ0n) is 13.4. The number of benzene rings is 1. The Labute approximate surface area is 140 Å². The van der Waals surface area contributed by atoms with Gasteiger partial charge in [0.25, 0.3) is 0 Å². The maximum Gasteiger partial charge on any atom is 0.319 e. The number of rotatable bonds is 8. The third-order valence-corrected chi connectivity index (χ3v) is 3.12. The molecule has 1 aromatic carbocycles. The van der Waals surface area contributed by atoms with Crippen molar-refractivity contribution in [1.29, 1.82) is 0 Å². The van der Waals surface area contributed by atoms with Gasteiger partial charge in [0.05, 0.1) is 11.6 Å². The summed E-state index contributed by atoms with van der Waals surface area (Å²) in [5.74, 6) is 0.257. The lowest BCUT2D eigenvalue weighted by molar-refractivity contribution is -0.122. The number of amides is 3. The van der Waals surface area contributed by atoms with Crippen LogP contribution in [0.3, 0.4) is 0 Å². The number of hydrogen-bond acceptors (Lipinski definition) is 4. The number of likely N-dealkylation sites (N-methyl/N-ethyl adjacent to an activating group) is 1. The predicted molar refractivity (Wildman–Crippen MR) is 89.1 cm³/mol. The van der Waals surface area contributed by atoms with E-state index < -0.39 is 12.1 Å². The number of ether oxygens (including phenoxy) is 2. The summed E-state index contributed by atoms with van der Waals surface area (Å²) in [5, 5.41) is 8.14. The lowest BCUT2D eigenvalue weighted by atomic mass is 10.3. The minimum Gasteiger partial charge on any atom is -0.490 e. The maximum atomic E-state index is 11.8. The quantitative estimate of drug-likeness (QED) is 0.630. The number of nitrogens with one attached hydrogen (secondary N) is 3. The molecule has 0 bridgehead atoms. The van der Waals surface area contributed by atoms with Gasteiger partial charge in [0, 0.05) is 19.3 Å². The molecule has 7 nitrogen and oxygen atoms in total. The number of urea groups is 1. The van der Waals surface area contributed by atoms with Crippen molar-refractivity contribution < 1.29 is 19.1 Å². The van der Waals surface area contributed by atoms with Gasteiger partial charge in [0.2, 0.25) is 5.91 Å². The van der Waals surface area contributed by atoms with Crippen LogP contribution in [0, 0.1) is 0 Å². The predicted octanol–water partition coefficient (Wildman–Crippen LogP) is 2.01. The molecule has 0 saturated heterocycles. The standard InChI is InChI=1S/C15H22ClN3O4/c1-4-17-14(20)10(2)18-15(21)19-11-5-6-13(12(16)9-11)23-8-7-22-3/h5-6,9-10H,4,7-8H2,1-3H3,(H,17,20)(H2,18,19,21). The summed E-state index contributed by atoms with van der Waals surface area (Å²) in [4.78, 5) is 23.4. The van der Waals surface area contributed by atoms with Crippen LogP contribution < -0.4 is 20.7 Å². The SMILES string of the molecule is CCNC(=O)C(C)NC(=O)Nc1ccc(OCCOC)c(Cl)c1. The van der Waals surface area contributed by atoms with Gasteiger partial charge in [-0.05, 0) is 32.0 Å². The second-order valence-corrected chi connectivity index (χ2v) is 5.11. The van der Waals surface area contributed by atoms with Crippen LogP contribution in [0.1, 0.15) is 13.8 Å². The van der Waals surface area contributed by atoms with Gasteiger partial charge in [-0.15, -0.1) is 0 Å². The van der Waals surface area contributed by atoms with E-state index in [2.05, 4.69) is 16.0 Å². The summed E-state index contributed by atoms with van der Waals surface area (Å²) in [5.41, 5.74) is 0.495. The first-order valence-electron chi connectivity index (χ1n) is 7.24. The second-order valence-electron chi connectivity index (χ2n) is 4.70. The fraction of sp³-hybridized carbons (Fsp3) is 0.467. The molecule has 8 heteroatoms. The topological polar surface area (TPSA) is 88.7 Å². The number of methoxy groups -OCH3 is 1. The molecule has 0 heterocycles. The molecule has 1 unspecified atom stereocenters. The Balaban J connectivity index is 2.55. The van der Waals surface area contributed by atoms with Crippen molar-refractivity contribution >= 4 is 29.2 Å². The Kier molecular flexibility index (Phi) is 8.21. The summed E-state index contributed by atoms with van der Waals surface area (Å²) in [6.45, 7) is 4.75. The van der Waals surface area contributed by atoms with Crippen molar-refractivity contribution in [2.24, 2.45) is 0 Å². The van der Waals surface area contributed by atoms with Crippen LogP contribution in [0.5, 0.6) is 5.75 Å². The molecule has 128 valence electrons. The Morgan fingerprint density at radius 2 is 2.04 bits per heavy atom. The van der Waals surface area contributed by atoms with Gasteiger partial charge in [-0.3, -0.25) is 4.79 Å². The molecule has 3 amide bonds. The molecule has 0 aliphatic carbocycles. The average molecular weight is 344 g/mol. The number of carbonyl (C=O) groups excluding carboxylic acids is 2. The molecule has 1 aromatic rings. The van der Waals surface area contributed by atoms with Crippen LogP contribution in [0.25, 0.3) is 0 Å². The van der Waals surface area contributed by atoms with Gasteiger partial charge in [0.15, 0.2) is 0 Å². The first kappa shape index (κ1) is 19.1. The highest BCUT2D eigenvalue weighted by molar-refractivity contribution is 6.32. The molecule has 23 heavy (non-hydrogen) atoms. The van der Waals surface area contributed by atoms with Crippen molar-refractivity contribution in [1.82, 2.24) is 10.6 Å². The normalized spacial score (nSPS) is 11.5. The fourth-order valence-electron chi connectivity index (χ4n) is 1.69. The second kappa shape index (κ2) is 9.91.